The Hall–Kier alpha value is -0.970. The van der Waals surface area contributed by atoms with E-state index >= 15 is 0 Å². The first-order valence-corrected chi connectivity index (χ1v) is 5.52. The second-order valence-electron chi connectivity index (χ2n) is 3.81. The van der Waals surface area contributed by atoms with Crippen LogP contribution in [0.5, 0.6) is 0 Å². The largest absolute Gasteiger partial charge is 1.00 e. The number of hydrogen-bond donors (Lipinski definition) is 0. The molecule has 0 aromatic heterocycles. The van der Waals surface area contributed by atoms with Crippen LogP contribution in [0.2, 0.25) is 0 Å². The van der Waals surface area contributed by atoms with Crippen LogP contribution in [0.15, 0.2) is 54.6 Å². The number of rotatable bonds is 4. The van der Waals surface area contributed by atoms with E-state index in [0.717, 1.165) is 0 Å². The molecule has 0 radical (unpaired) electrons. The average Bonchev–Trinajstić information content (AvgIpc) is 2.41. The molecule has 4 heteroatoms. The van der Waals surface area contributed by atoms with Crippen LogP contribution in [-0.4, -0.2) is 6.67 Å². The minimum atomic E-state index is -1.30. The maximum absolute atomic E-state index is 13.2. The molecule has 2 aromatic carbocycles. The van der Waals surface area contributed by atoms with E-state index in [1.54, 1.807) is 42.5 Å². The van der Waals surface area contributed by atoms with Gasteiger partial charge in [-0.2, -0.15) is 0 Å². The van der Waals surface area contributed by atoms with Gasteiger partial charge in [-0.15, -0.1) is 0 Å². The van der Waals surface area contributed by atoms with Gasteiger partial charge in [0.2, 0.25) is 0 Å². The molecule has 0 spiro atoms. The molecule has 90 valence electrons. The van der Waals surface area contributed by atoms with Crippen molar-refractivity contribution in [1.82, 2.24) is 0 Å². The van der Waals surface area contributed by atoms with E-state index in [1.165, 1.54) is 6.07 Å². The molecule has 2 aromatic rings. The Bertz CT molecular complexity index is 503. The summed E-state index contributed by atoms with van der Waals surface area (Å²) >= 11 is 0. The van der Waals surface area contributed by atoms with Crippen LogP contribution in [0, 0.1) is 12.2 Å². The van der Waals surface area contributed by atoms with Gasteiger partial charge in [-0.05, 0) is 24.3 Å². The zero-order valence-electron chi connectivity index (χ0n) is 10.6. The third-order valence-corrected chi connectivity index (χ3v) is 2.73. The van der Waals surface area contributed by atoms with Crippen LogP contribution in [0.25, 0.3) is 0 Å². The van der Waals surface area contributed by atoms with Gasteiger partial charge in [0.1, 0.15) is 5.92 Å². The van der Waals surface area contributed by atoms with Crippen molar-refractivity contribution in [3.63, 3.8) is 0 Å². The van der Waals surface area contributed by atoms with Crippen molar-refractivity contribution in [3.8, 4) is 0 Å². The smallest absolute Gasteiger partial charge is 0.770 e. The second kappa shape index (κ2) is 7.58. The fourth-order valence-electron chi connectivity index (χ4n) is 1.87. The first-order valence-electron chi connectivity index (χ1n) is 5.52. The summed E-state index contributed by atoms with van der Waals surface area (Å²) in [5, 5.41) is 22.1. The summed E-state index contributed by atoms with van der Waals surface area (Å²) in [7, 11) is 0. The first-order chi connectivity index (χ1) is 8.74. The van der Waals surface area contributed by atoms with Crippen molar-refractivity contribution in [2.45, 2.75) is 0 Å². The molecule has 0 unspecified atom stereocenters. The summed E-state index contributed by atoms with van der Waals surface area (Å²) in [6, 6.07) is 15.2. The molecule has 0 aliphatic rings. The molecule has 0 saturated carbocycles. The van der Waals surface area contributed by atoms with E-state index in [1.807, 2.05) is 6.07 Å². The fourth-order valence-corrected chi connectivity index (χ4v) is 1.87. The molecule has 0 heterocycles. The third kappa shape index (κ3) is 3.75. The van der Waals surface area contributed by atoms with Gasteiger partial charge in [-0.1, -0.05) is 6.29 Å². The quantitative estimate of drug-likeness (QED) is 0.483. The summed E-state index contributed by atoms with van der Waals surface area (Å²) in [4.78, 5) is 0. The third-order valence-electron chi connectivity index (χ3n) is 2.73. The number of alkyl halides is 1. The minimum absolute atomic E-state index is 0. The maximum atomic E-state index is 13.2. The molecular formula is C15H11FNaO2+. The van der Waals surface area contributed by atoms with Crippen molar-refractivity contribution in [2.75, 3.05) is 6.67 Å². The molecule has 0 N–H and O–H groups in total. The van der Waals surface area contributed by atoms with Crippen molar-refractivity contribution in [1.29, 1.82) is 0 Å². The molecular weight excluding hydrogens is 254 g/mol. The van der Waals surface area contributed by atoms with Crippen molar-refractivity contribution in [3.05, 3.63) is 83.5 Å². The summed E-state index contributed by atoms with van der Waals surface area (Å²) in [6.07, 6.45) is -1.30. The van der Waals surface area contributed by atoms with Gasteiger partial charge >= 0.3 is 29.6 Å². The Morgan fingerprint density at radius 1 is 0.842 bits per heavy atom. The predicted molar refractivity (Wildman–Crippen MR) is 62.7 cm³/mol. The topological polar surface area (TPSA) is 46.1 Å². The molecule has 0 saturated heterocycles. The second-order valence-corrected chi connectivity index (χ2v) is 3.81. The van der Waals surface area contributed by atoms with Crippen molar-refractivity contribution < 1.29 is 44.2 Å². The van der Waals surface area contributed by atoms with E-state index in [4.69, 9.17) is 0 Å². The summed E-state index contributed by atoms with van der Waals surface area (Å²) in [5.41, 5.74) is 1.05. The summed E-state index contributed by atoms with van der Waals surface area (Å²) in [5.74, 6) is 0.357. The Kier molecular flexibility index (Phi) is 6.42. The molecule has 2 rings (SSSR count). The molecule has 0 atom stereocenters. The van der Waals surface area contributed by atoms with Gasteiger partial charge in [0.15, 0.2) is 17.8 Å². The fraction of sp³-hybridized carbons (Fsp3) is 0.0667. The van der Waals surface area contributed by atoms with Crippen LogP contribution in [0.1, 0.15) is 16.7 Å². The van der Waals surface area contributed by atoms with Crippen LogP contribution in [0.4, 0.5) is 4.39 Å². The first kappa shape index (κ1) is 16.1. The summed E-state index contributed by atoms with van der Waals surface area (Å²) in [6.45, 7) is -0.728. The minimum Gasteiger partial charge on any atom is -0.770 e. The van der Waals surface area contributed by atoms with Gasteiger partial charge in [-0.25, -0.2) is 4.39 Å². The van der Waals surface area contributed by atoms with E-state index in [2.05, 4.69) is 0 Å². The zero-order valence-corrected chi connectivity index (χ0v) is 12.6. The number of hydrogen-bond acceptors (Lipinski definition) is 2. The van der Waals surface area contributed by atoms with Crippen LogP contribution < -0.4 is 39.8 Å². The van der Waals surface area contributed by atoms with Gasteiger partial charge in [0.25, 0.3) is 0 Å². The van der Waals surface area contributed by atoms with Gasteiger partial charge in [-0.3, -0.25) is 0 Å². The Morgan fingerprint density at radius 2 is 1.37 bits per heavy atom. The van der Waals surface area contributed by atoms with Crippen molar-refractivity contribution in [2.24, 2.45) is 0 Å². The maximum Gasteiger partial charge on any atom is 1.00 e. The standard InChI is InChI=1S/C15H11FO2.Na/c16-10-14(11-6-2-1-3-7-11)12-8-4-5-9-13(12)15(17)18;/h1-9H,10H2;/q;+1. The molecule has 19 heavy (non-hydrogen) atoms. The zero-order chi connectivity index (χ0) is 13.0. The molecule has 2 nitrogen and oxygen atoms in total. The van der Waals surface area contributed by atoms with Crippen LogP contribution in [0.3, 0.4) is 0 Å². The summed E-state index contributed by atoms with van der Waals surface area (Å²) < 4.78 is 13.2. The van der Waals surface area contributed by atoms with Crippen LogP contribution >= 0.6 is 0 Å². The van der Waals surface area contributed by atoms with E-state index in [0.29, 0.717) is 17.0 Å². The average molecular weight is 265 g/mol. The number of halogens is 1. The SMILES string of the molecule is [Na+].[O-][C+]([O-])c1ccccc1[C+](CF)c1ccccc1. The van der Waals surface area contributed by atoms with Crippen LogP contribution in [-0.2, 0) is 0 Å². The molecule has 0 bridgehead atoms. The van der Waals surface area contributed by atoms with E-state index < -0.39 is 13.0 Å². The van der Waals surface area contributed by atoms with E-state index in [-0.39, 0.29) is 35.1 Å². The number of benzene rings is 2. The van der Waals surface area contributed by atoms with Gasteiger partial charge < -0.3 is 10.2 Å². The van der Waals surface area contributed by atoms with Gasteiger partial charge in [0, 0.05) is 18.2 Å². The Balaban J connectivity index is 0.00000180. The monoisotopic (exact) mass is 265 g/mol. The van der Waals surface area contributed by atoms with Crippen molar-refractivity contribution >= 4 is 0 Å². The Labute approximate surface area is 134 Å². The molecule has 0 aliphatic carbocycles. The Morgan fingerprint density at radius 3 is 1.89 bits per heavy atom. The molecule has 0 fully saturated rings. The molecule has 0 aliphatic heterocycles. The normalized spacial score (nSPS) is 9.63. The van der Waals surface area contributed by atoms with Gasteiger partial charge in [0.05, 0.1) is 17.7 Å². The van der Waals surface area contributed by atoms with E-state index in [9.17, 15) is 14.6 Å². The predicted octanol–water partition coefficient (Wildman–Crippen LogP) is -1.81. The molecule has 0 amide bonds.